The van der Waals surface area contributed by atoms with Gasteiger partial charge in [-0.3, -0.25) is 4.79 Å². The molecule has 8 heteroatoms. The minimum Gasteiger partial charge on any atom is -0.394 e. The van der Waals surface area contributed by atoms with Crippen LogP contribution in [-0.4, -0.2) is 33.2 Å². The van der Waals surface area contributed by atoms with Crippen LogP contribution in [-0.2, 0) is 13.5 Å². The van der Waals surface area contributed by atoms with Crippen LogP contribution < -0.4 is 10.6 Å². The number of nitrogens with zero attached hydrogens (tertiary/aromatic N) is 2. The van der Waals surface area contributed by atoms with E-state index in [0.717, 1.165) is 5.56 Å². The van der Waals surface area contributed by atoms with Crippen LogP contribution in [0.25, 0.3) is 11.0 Å². The number of fused-ring (bicyclic) bond motifs is 1. The number of anilines is 2. The highest BCUT2D eigenvalue weighted by Crippen LogP contribution is 2.31. The number of benzene rings is 3. The van der Waals surface area contributed by atoms with Crippen LogP contribution in [0.15, 0.2) is 60.9 Å². The molecule has 0 saturated carbocycles. The second-order valence-corrected chi connectivity index (χ2v) is 7.99. The Bertz CT molecular complexity index is 1310. The number of imidazole rings is 1. The third-order valence-electron chi connectivity index (χ3n) is 5.47. The highest BCUT2D eigenvalue weighted by atomic mass is 19.1. The number of nitrogens with one attached hydrogen (secondary N) is 2. The van der Waals surface area contributed by atoms with E-state index in [2.05, 4.69) is 15.6 Å². The minimum atomic E-state index is -0.762. The van der Waals surface area contributed by atoms with E-state index in [-0.39, 0.29) is 29.1 Å². The van der Waals surface area contributed by atoms with Crippen LogP contribution in [0.2, 0.25) is 0 Å². The highest BCUT2D eigenvalue weighted by molar-refractivity contribution is 6.04. The third kappa shape index (κ3) is 5.84. The summed E-state index contributed by atoms with van der Waals surface area (Å²) in [4.78, 5) is 17.3. The van der Waals surface area contributed by atoms with Crippen LogP contribution in [0.4, 0.5) is 20.2 Å². The Hall–Kier alpha value is -3.78. The van der Waals surface area contributed by atoms with E-state index in [1.165, 1.54) is 24.5 Å². The maximum absolute atomic E-state index is 15.5. The fourth-order valence-corrected chi connectivity index (χ4v) is 3.70. The Kier molecular flexibility index (Phi) is 8.54. The Morgan fingerprint density at radius 1 is 1.11 bits per heavy atom. The van der Waals surface area contributed by atoms with Gasteiger partial charge in [0.05, 0.1) is 41.4 Å². The minimum absolute atomic E-state index is 0.0184. The van der Waals surface area contributed by atoms with Gasteiger partial charge in [0.1, 0.15) is 11.3 Å². The van der Waals surface area contributed by atoms with Crippen molar-refractivity contribution < 1.29 is 18.7 Å². The molecule has 35 heavy (non-hydrogen) atoms. The van der Waals surface area contributed by atoms with Crippen molar-refractivity contribution in [2.24, 2.45) is 7.05 Å². The number of carbonyl (C=O) groups excluding carboxylic acids is 1. The maximum atomic E-state index is 15.5. The van der Waals surface area contributed by atoms with E-state index >= 15 is 4.39 Å². The first-order valence-electron chi connectivity index (χ1n) is 11.5. The van der Waals surface area contributed by atoms with Crippen molar-refractivity contribution >= 4 is 28.3 Å². The normalized spacial score (nSPS) is 11.5. The zero-order valence-electron chi connectivity index (χ0n) is 20.3. The number of amides is 1. The molecule has 0 fully saturated rings. The zero-order valence-corrected chi connectivity index (χ0v) is 20.3. The first-order valence-corrected chi connectivity index (χ1v) is 11.5. The van der Waals surface area contributed by atoms with Crippen LogP contribution >= 0.6 is 0 Å². The molecule has 0 bridgehead atoms. The van der Waals surface area contributed by atoms with E-state index in [0.29, 0.717) is 17.5 Å². The summed E-state index contributed by atoms with van der Waals surface area (Å²) in [5.41, 5.74) is 1.96. The smallest absolute Gasteiger partial charge is 0.253 e. The molecule has 3 N–H and O–H groups in total. The number of halogens is 2. The van der Waals surface area contributed by atoms with Gasteiger partial charge in [0.25, 0.3) is 5.91 Å². The van der Waals surface area contributed by atoms with Crippen molar-refractivity contribution in [1.82, 2.24) is 14.9 Å². The number of aliphatic hydroxyl groups is 1. The van der Waals surface area contributed by atoms with E-state index in [4.69, 9.17) is 0 Å². The number of aliphatic hydroxyl groups excluding tert-OH is 1. The average molecular weight is 481 g/mol. The molecule has 1 aromatic heterocycles. The van der Waals surface area contributed by atoms with Gasteiger partial charge in [0.15, 0.2) is 5.82 Å². The van der Waals surface area contributed by atoms with Crippen LogP contribution in [0.3, 0.4) is 0 Å². The lowest BCUT2D eigenvalue weighted by Crippen LogP contribution is -2.39. The molecule has 0 spiro atoms. The number of hydrogen-bond donors (Lipinski definition) is 3. The molecule has 6 nitrogen and oxygen atoms in total. The first-order chi connectivity index (χ1) is 16.9. The fourth-order valence-electron chi connectivity index (χ4n) is 3.70. The van der Waals surface area contributed by atoms with Gasteiger partial charge in [-0.2, -0.15) is 0 Å². The molecule has 1 atom stereocenters. The Morgan fingerprint density at radius 3 is 2.49 bits per heavy atom. The molecular weight excluding hydrogens is 450 g/mol. The number of rotatable bonds is 7. The van der Waals surface area contributed by atoms with Crippen molar-refractivity contribution in [2.45, 2.75) is 33.2 Å². The van der Waals surface area contributed by atoms with Crippen LogP contribution in [0, 0.1) is 18.6 Å². The second kappa shape index (κ2) is 11.6. The lowest BCUT2D eigenvalue weighted by Gasteiger charge is -2.19. The van der Waals surface area contributed by atoms with E-state index in [9.17, 15) is 14.3 Å². The molecule has 1 amide bonds. The summed E-state index contributed by atoms with van der Waals surface area (Å²) in [6.07, 6.45) is 1.84. The van der Waals surface area contributed by atoms with Gasteiger partial charge in [0, 0.05) is 7.05 Å². The molecule has 184 valence electrons. The highest BCUT2D eigenvalue weighted by Gasteiger charge is 2.24. The van der Waals surface area contributed by atoms with Crippen molar-refractivity contribution in [3.05, 3.63) is 89.2 Å². The lowest BCUT2D eigenvalue weighted by molar-refractivity contribution is 0.0917. The summed E-state index contributed by atoms with van der Waals surface area (Å²) in [5.74, 6) is -1.93. The zero-order chi connectivity index (χ0) is 25.5. The molecule has 4 rings (SSSR count). The Balaban J connectivity index is 0.00000167. The molecule has 1 heterocycles. The SMILES string of the molecule is CC.Cc1ccc(Nc2c(C(=O)NC(CO)Cc3ccccc3)cc3c(ncn3C)c2F)c(F)c1. The number of carbonyl (C=O) groups is 1. The largest absolute Gasteiger partial charge is 0.394 e. The van der Waals surface area contributed by atoms with Crippen molar-refractivity contribution in [3.8, 4) is 0 Å². The first kappa shape index (κ1) is 25.8. The van der Waals surface area contributed by atoms with Crippen molar-refractivity contribution in [3.63, 3.8) is 0 Å². The quantitative estimate of drug-likeness (QED) is 0.337. The van der Waals surface area contributed by atoms with Gasteiger partial charge >= 0.3 is 0 Å². The molecule has 4 aromatic rings. The standard InChI is InChI=1S/C25H24F2N4O2.C2H6/c1-15-8-9-20(19(26)10-15)30-23-18(12-21-24(22(23)27)28-14-31(21)2)25(33)29-17(13-32)11-16-6-4-3-5-7-16;1-2/h3-10,12,14,17,30,32H,11,13H2,1-2H3,(H,29,33);1-2H3. The van der Waals surface area contributed by atoms with Crippen LogP contribution in [0.5, 0.6) is 0 Å². The Morgan fingerprint density at radius 2 is 1.83 bits per heavy atom. The predicted octanol–water partition coefficient (Wildman–Crippen LogP) is 5.26. The second-order valence-electron chi connectivity index (χ2n) is 7.99. The topological polar surface area (TPSA) is 79.2 Å². The van der Waals surface area contributed by atoms with E-state index in [1.54, 1.807) is 24.6 Å². The average Bonchev–Trinajstić information content (AvgIpc) is 3.24. The van der Waals surface area contributed by atoms with E-state index < -0.39 is 23.6 Å². The van der Waals surface area contributed by atoms with Gasteiger partial charge in [0.2, 0.25) is 0 Å². The monoisotopic (exact) mass is 480 g/mol. The summed E-state index contributed by atoms with van der Waals surface area (Å²) in [6.45, 7) is 5.44. The molecular formula is C27H30F2N4O2. The van der Waals surface area contributed by atoms with Gasteiger partial charge in [-0.1, -0.05) is 50.2 Å². The molecule has 3 aromatic carbocycles. The summed E-state index contributed by atoms with van der Waals surface area (Å²) in [6, 6.07) is 14.8. The lowest BCUT2D eigenvalue weighted by atomic mass is 10.0. The number of hydrogen-bond acceptors (Lipinski definition) is 4. The van der Waals surface area contributed by atoms with Gasteiger partial charge in [-0.05, 0) is 42.7 Å². The molecule has 0 aliphatic rings. The van der Waals surface area contributed by atoms with Gasteiger partial charge < -0.3 is 20.3 Å². The molecule has 0 aliphatic carbocycles. The number of aryl methyl sites for hydroxylation is 2. The summed E-state index contributed by atoms with van der Waals surface area (Å²) >= 11 is 0. The molecule has 0 saturated heterocycles. The third-order valence-corrected chi connectivity index (χ3v) is 5.47. The summed E-state index contributed by atoms with van der Waals surface area (Å²) < 4.78 is 31.6. The predicted molar refractivity (Wildman–Crippen MR) is 135 cm³/mol. The molecule has 0 aliphatic heterocycles. The molecule has 1 unspecified atom stereocenters. The van der Waals surface area contributed by atoms with Crippen molar-refractivity contribution in [2.75, 3.05) is 11.9 Å². The molecule has 0 radical (unpaired) electrons. The Labute approximate surface area is 203 Å². The van der Waals surface area contributed by atoms with Gasteiger partial charge in [-0.25, -0.2) is 13.8 Å². The van der Waals surface area contributed by atoms with E-state index in [1.807, 2.05) is 44.2 Å². The maximum Gasteiger partial charge on any atom is 0.253 e. The van der Waals surface area contributed by atoms with Crippen LogP contribution in [0.1, 0.15) is 35.3 Å². The summed E-state index contributed by atoms with van der Waals surface area (Å²) in [5, 5.41) is 15.3. The van der Waals surface area contributed by atoms with Gasteiger partial charge in [-0.15, -0.1) is 0 Å². The summed E-state index contributed by atoms with van der Waals surface area (Å²) in [7, 11) is 1.69. The number of aromatic nitrogens is 2. The fraction of sp³-hybridized carbons (Fsp3) is 0.259. The van der Waals surface area contributed by atoms with Crippen molar-refractivity contribution in [1.29, 1.82) is 0 Å².